The summed E-state index contributed by atoms with van der Waals surface area (Å²) in [6, 6.07) is 5.70. The van der Waals surface area contributed by atoms with Gasteiger partial charge in [-0.05, 0) is 80.9 Å². The maximum absolute atomic E-state index is 15.1. The SMILES string of the molecule is Cc1c(B2OC(C)(C)C(C)(C)O2)cc(F)cc1-n1ncc2cc(C(C)(C)C)cc(F)c2c1=O. The van der Waals surface area contributed by atoms with Gasteiger partial charge in [0.2, 0.25) is 0 Å². The predicted octanol–water partition coefficient (Wildman–Crippen LogP) is 4.57. The molecule has 5 nitrogen and oxygen atoms in total. The Morgan fingerprint density at radius 2 is 1.61 bits per heavy atom. The lowest BCUT2D eigenvalue weighted by Gasteiger charge is -2.32. The van der Waals surface area contributed by atoms with Crippen molar-refractivity contribution in [1.82, 2.24) is 9.78 Å². The molecule has 0 aliphatic carbocycles. The number of rotatable bonds is 2. The minimum Gasteiger partial charge on any atom is -0.399 e. The molecule has 174 valence electrons. The van der Waals surface area contributed by atoms with Gasteiger partial charge in [0.15, 0.2) is 0 Å². The van der Waals surface area contributed by atoms with Gasteiger partial charge < -0.3 is 9.31 Å². The molecule has 0 radical (unpaired) electrons. The lowest BCUT2D eigenvalue weighted by Crippen LogP contribution is -2.41. The van der Waals surface area contributed by atoms with Gasteiger partial charge in [-0.25, -0.2) is 8.78 Å². The first-order valence-electron chi connectivity index (χ1n) is 11.0. The van der Waals surface area contributed by atoms with Crippen LogP contribution in [-0.4, -0.2) is 28.1 Å². The Labute approximate surface area is 192 Å². The maximum atomic E-state index is 15.1. The van der Waals surface area contributed by atoms with E-state index in [0.29, 0.717) is 16.4 Å². The summed E-state index contributed by atoms with van der Waals surface area (Å²) in [7, 11) is -0.813. The molecule has 0 unspecified atom stereocenters. The molecule has 0 bridgehead atoms. The molecule has 1 saturated heterocycles. The first kappa shape index (κ1) is 23.6. The van der Waals surface area contributed by atoms with Crippen LogP contribution in [-0.2, 0) is 14.7 Å². The fourth-order valence-corrected chi connectivity index (χ4v) is 3.96. The average molecular weight is 454 g/mol. The van der Waals surface area contributed by atoms with Gasteiger partial charge >= 0.3 is 7.12 Å². The molecule has 1 aromatic heterocycles. The summed E-state index contributed by atoms with van der Waals surface area (Å²) < 4.78 is 43.0. The molecule has 3 aromatic rings. The highest BCUT2D eigenvalue weighted by atomic mass is 19.1. The van der Waals surface area contributed by atoms with E-state index >= 15 is 4.39 Å². The quantitative estimate of drug-likeness (QED) is 0.533. The van der Waals surface area contributed by atoms with Gasteiger partial charge in [0.05, 0.1) is 28.5 Å². The molecule has 0 amide bonds. The Bertz CT molecular complexity index is 1310. The van der Waals surface area contributed by atoms with Crippen molar-refractivity contribution in [3.05, 3.63) is 63.6 Å². The molecule has 8 heteroatoms. The molecule has 2 aromatic carbocycles. The van der Waals surface area contributed by atoms with E-state index in [2.05, 4.69) is 5.10 Å². The third-order valence-electron chi connectivity index (χ3n) is 6.83. The fourth-order valence-electron chi connectivity index (χ4n) is 3.96. The van der Waals surface area contributed by atoms with Crippen LogP contribution < -0.4 is 11.0 Å². The van der Waals surface area contributed by atoms with Gasteiger partial charge in [-0.1, -0.05) is 20.8 Å². The number of halogens is 2. The zero-order chi connectivity index (χ0) is 24.5. The fraction of sp³-hybridized carbons (Fsp3) is 0.440. The van der Waals surface area contributed by atoms with Gasteiger partial charge in [-0.2, -0.15) is 9.78 Å². The van der Waals surface area contributed by atoms with Crippen molar-refractivity contribution in [3.63, 3.8) is 0 Å². The molecule has 1 fully saturated rings. The van der Waals surface area contributed by atoms with E-state index in [0.717, 1.165) is 10.2 Å². The zero-order valence-electron chi connectivity index (χ0n) is 20.3. The molecule has 0 atom stereocenters. The molecule has 0 N–H and O–H groups in total. The molecule has 1 aliphatic rings. The first-order chi connectivity index (χ1) is 15.1. The monoisotopic (exact) mass is 454 g/mol. The van der Waals surface area contributed by atoms with Crippen molar-refractivity contribution in [2.75, 3.05) is 0 Å². The number of hydrogen-bond acceptors (Lipinski definition) is 4. The smallest absolute Gasteiger partial charge is 0.399 e. The highest BCUT2D eigenvalue weighted by Crippen LogP contribution is 2.37. The topological polar surface area (TPSA) is 53.4 Å². The normalized spacial score (nSPS) is 17.7. The van der Waals surface area contributed by atoms with Crippen molar-refractivity contribution in [2.24, 2.45) is 0 Å². The van der Waals surface area contributed by atoms with Crippen molar-refractivity contribution in [3.8, 4) is 5.69 Å². The maximum Gasteiger partial charge on any atom is 0.495 e. The number of hydrogen-bond donors (Lipinski definition) is 0. The van der Waals surface area contributed by atoms with Gasteiger partial charge in [0, 0.05) is 5.39 Å². The summed E-state index contributed by atoms with van der Waals surface area (Å²) in [6.07, 6.45) is 1.44. The third kappa shape index (κ3) is 3.89. The molecular formula is C25H29BF2N2O3. The molecule has 0 saturated carbocycles. The van der Waals surface area contributed by atoms with Gasteiger partial charge in [0.1, 0.15) is 11.6 Å². The molecule has 4 rings (SSSR count). The first-order valence-corrected chi connectivity index (χ1v) is 11.0. The lowest BCUT2D eigenvalue weighted by atomic mass is 9.75. The summed E-state index contributed by atoms with van der Waals surface area (Å²) >= 11 is 0. The van der Waals surface area contributed by atoms with Crippen LogP contribution in [0.15, 0.2) is 35.3 Å². The lowest BCUT2D eigenvalue weighted by molar-refractivity contribution is 0.00578. The molecule has 2 heterocycles. The van der Waals surface area contributed by atoms with Crippen LogP contribution in [0.3, 0.4) is 0 Å². The summed E-state index contributed by atoms with van der Waals surface area (Å²) in [5.41, 5.74) is -0.163. The van der Waals surface area contributed by atoms with Crippen LogP contribution in [0.25, 0.3) is 16.5 Å². The highest BCUT2D eigenvalue weighted by Gasteiger charge is 2.52. The molecule has 33 heavy (non-hydrogen) atoms. The Hall–Kier alpha value is -2.58. The minimum atomic E-state index is -0.813. The van der Waals surface area contributed by atoms with Crippen LogP contribution >= 0.6 is 0 Å². The Balaban J connectivity index is 1.88. The number of aromatic nitrogens is 2. The van der Waals surface area contributed by atoms with Crippen molar-refractivity contribution < 1.29 is 18.1 Å². The molecular weight excluding hydrogens is 425 g/mol. The van der Waals surface area contributed by atoms with Gasteiger partial charge in [0.25, 0.3) is 5.56 Å². The van der Waals surface area contributed by atoms with E-state index in [-0.39, 0.29) is 16.5 Å². The second kappa shape index (κ2) is 7.47. The van der Waals surface area contributed by atoms with Crippen LogP contribution in [0.4, 0.5) is 8.78 Å². The Morgan fingerprint density at radius 3 is 2.18 bits per heavy atom. The van der Waals surface area contributed by atoms with E-state index < -0.39 is 35.5 Å². The number of fused-ring (bicyclic) bond motifs is 1. The van der Waals surface area contributed by atoms with E-state index in [4.69, 9.17) is 9.31 Å². The van der Waals surface area contributed by atoms with Crippen LogP contribution in [0.5, 0.6) is 0 Å². The standard InChI is InChI=1S/C25H29BF2N2O3/c1-14-18(26-32-24(5,6)25(7,8)33-26)11-17(27)12-20(14)30-22(31)21-15(13-29-30)9-16(10-19(21)28)23(2,3)4/h9-13H,1-8H3. The van der Waals surface area contributed by atoms with E-state index in [1.165, 1.54) is 24.4 Å². The van der Waals surface area contributed by atoms with E-state index in [1.807, 2.05) is 48.5 Å². The molecule has 1 aliphatic heterocycles. The van der Waals surface area contributed by atoms with Crippen LogP contribution in [0.1, 0.15) is 59.6 Å². The summed E-state index contributed by atoms with van der Waals surface area (Å²) in [6.45, 7) is 15.3. The predicted molar refractivity (Wildman–Crippen MR) is 126 cm³/mol. The second-order valence-electron chi connectivity index (χ2n) is 10.8. The van der Waals surface area contributed by atoms with E-state index in [9.17, 15) is 9.18 Å². The van der Waals surface area contributed by atoms with Gasteiger partial charge in [-0.3, -0.25) is 4.79 Å². The van der Waals surface area contributed by atoms with Crippen molar-refractivity contribution in [1.29, 1.82) is 0 Å². The van der Waals surface area contributed by atoms with Crippen molar-refractivity contribution in [2.45, 2.75) is 72.0 Å². The summed E-state index contributed by atoms with van der Waals surface area (Å²) in [4.78, 5) is 13.3. The van der Waals surface area contributed by atoms with Crippen LogP contribution in [0.2, 0.25) is 0 Å². The summed E-state index contributed by atoms with van der Waals surface area (Å²) in [5.74, 6) is -1.20. The van der Waals surface area contributed by atoms with E-state index in [1.54, 1.807) is 13.0 Å². The Morgan fingerprint density at radius 1 is 1.00 bits per heavy atom. The molecule has 0 spiro atoms. The largest absolute Gasteiger partial charge is 0.495 e. The zero-order valence-corrected chi connectivity index (χ0v) is 20.3. The summed E-state index contributed by atoms with van der Waals surface area (Å²) in [5, 5.41) is 4.58. The third-order valence-corrected chi connectivity index (χ3v) is 6.83. The van der Waals surface area contributed by atoms with Gasteiger partial charge in [-0.15, -0.1) is 0 Å². The number of benzene rings is 2. The highest BCUT2D eigenvalue weighted by molar-refractivity contribution is 6.62. The van der Waals surface area contributed by atoms with Crippen molar-refractivity contribution >= 4 is 23.4 Å². The Kier molecular flexibility index (Phi) is 5.34. The van der Waals surface area contributed by atoms with Crippen LogP contribution in [0, 0.1) is 18.6 Å². The second-order valence-corrected chi connectivity index (χ2v) is 10.8. The minimum absolute atomic E-state index is 0.0844. The number of nitrogens with zero attached hydrogens (tertiary/aromatic N) is 2. The average Bonchev–Trinajstić information content (AvgIpc) is 2.90.